The molecule has 7 heteroatoms. The van der Waals surface area contributed by atoms with Crippen LogP contribution < -0.4 is 0 Å². The molecular formula is C9H20N2O4S. The second-order valence-corrected chi connectivity index (χ2v) is 5.18. The topological polar surface area (TPSA) is 70.1 Å². The van der Waals surface area contributed by atoms with E-state index in [1.54, 1.807) is 0 Å². The first-order valence-corrected chi connectivity index (χ1v) is 6.87. The maximum atomic E-state index is 10.7. The molecule has 0 aromatic heterocycles. The first-order valence-electron chi connectivity index (χ1n) is 5.50. The maximum Gasteiger partial charge on any atom is 0.398 e. The fourth-order valence-electron chi connectivity index (χ4n) is 1.77. The van der Waals surface area contributed by atoms with Gasteiger partial charge in [0.1, 0.15) is 6.23 Å². The van der Waals surface area contributed by atoms with E-state index >= 15 is 0 Å². The van der Waals surface area contributed by atoms with Gasteiger partial charge in [0.2, 0.25) is 0 Å². The monoisotopic (exact) mass is 252 g/mol. The highest BCUT2D eigenvalue weighted by molar-refractivity contribution is 7.80. The minimum Gasteiger partial charge on any atom is -0.301 e. The quantitative estimate of drug-likeness (QED) is 0.704. The van der Waals surface area contributed by atoms with Crippen LogP contribution in [0.3, 0.4) is 0 Å². The molecule has 1 atom stereocenters. The van der Waals surface area contributed by atoms with Crippen molar-refractivity contribution in [2.45, 2.75) is 26.0 Å². The van der Waals surface area contributed by atoms with Gasteiger partial charge in [0.25, 0.3) is 0 Å². The number of nitrogens with zero attached hydrogens (tertiary/aromatic N) is 2. The normalized spacial score (nSPS) is 24.8. The molecule has 0 radical (unpaired) electrons. The van der Waals surface area contributed by atoms with Crippen LogP contribution in [-0.2, 0) is 14.6 Å². The van der Waals surface area contributed by atoms with Crippen molar-refractivity contribution >= 4 is 10.4 Å². The Kier molecular flexibility index (Phi) is 5.13. The molecule has 0 amide bonds. The van der Waals surface area contributed by atoms with Crippen LogP contribution in [0.2, 0.25) is 0 Å². The Bertz CT molecular complexity index is 305. The van der Waals surface area contributed by atoms with E-state index in [-0.39, 0.29) is 0 Å². The van der Waals surface area contributed by atoms with Crippen LogP contribution >= 0.6 is 0 Å². The Morgan fingerprint density at radius 3 is 2.69 bits per heavy atom. The van der Waals surface area contributed by atoms with Gasteiger partial charge in [-0.1, -0.05) is 13.3 Å². The molecule has 96 valence electrons. The Morgan fingerprint density at radius 1 is 1.44 bits per heavy atom. The lowest BCUT2D eigenvalue weighted by Crippen LogP contribution is -2.53. The van der Waals surface area contributed by atoms with E-state index in [0.29, 0.717) is 6.54 Å². The lowest BCUT2D eigenvalue weighted by atomic mass is 10.2. The molecule has 1 saturated heterocycles. The predicted molar refractivity (Wildman–Crippen MR) is 60.4 cm³/mol. The first-order chi connectivity index (χ1) is 7.42. The maximum absolute atomic E-state index is 10.7. The molecule has 1 aliphatic rings. The van der Waals surface area contributed by atoms with Crippen LogP contribution in [0.5, 0.6) is 0 Å². The second kappa shape index (κ2) is 5.92. The number of likely N-dealkylation sites (N-methyl/N-ethyl adjacent to an activating group) is 1. The molecule has 0 saturated carbocycles. The van der Waals surface area contributed by atoms with Crippen LogP contribution in [0.25, 0.3) is 0 Å². The van der Waals surface area contributed by atoms with E-state index in [9.17, 15) is 8.42 Å². The summed E-state index contributed by atoms with van der Waals surface area (Å²) in [7, 11) is -2.47. The Hall–Kier alpha value is -0.210. The number of hydrogen-bond donors (Lipinski definition) is 1. The first kappa shape index (κ1) is 13.9. The molecule has 0 aromatic rings. The summed E-state index contributed by atoms with van der Waals surface area (Å²) < 4.78 is 34.8. The lowest BCUT2D eigenvalue weighted by molar-refractivity contribution is -0.0336. The average molecular weight is 252 g/mol. The summed E-state index contributed by atoms with van der Waals surface area (Å²) >= 11 is 0. The third-order valence-corrected chi connectivity index (χ3v) is 3.14. The molecule has 6 nitrogen and oxygen atoms in total. The van der Waals surface area contributed by atoms with Crippen molar-refractivity contribution in [3.63, 3.8) is 0 Å². The van der Waals surface area contributed by atoms with E-state index in [1.165, 1.54) is 0 Å². The molecule has 0 aromatic carbocycles. The van der Waals surface area contributed by atoms with Crippen LogP contribution in [-0.4, -0.2) is 62.2 Å². The number of hydrogen-bond acceptors (Lipinski definition) is 5. The standard InChI is InChI=1S/C9H20N2O4S/c1-3-4-5-11-7-6-10(2)8-9(11)15-16(12,13)14/h9H,3-8H2,1-2H3,(H,12,13,14). The molecule has 0 spiro atoms. The van der Waals surface area contributed by atoms with Crippen LogP contribution in [0.4, 0.5) is 0 Å². The van der Waals surface area contributed by atoms with E-state index < -0.39 is 16.6 Å². The van der Waals surface area contributed by atoms with Gasteiger partial charge >= 0.3 is 10.4 Å². The predicted octanol–water partition coefficient (Wildman–Crippen LogP) is 0.179. The van der Waals surface area contributed by atoms with Gasteiger partial charge in [0.15, 0.2) is 0 Å². The van der Waals surface area contributed by atoms with Crippen molar-refractivity contribution in [1.29, 1.82) is 0 Å². The number of unbranched alkanes of at least 4 members (excludes halogenated alkanes) is 1. The molecule has 1 unspecified atom stereocenters. The molecule has 1 heterocycles. The van der Waals surface area contributed by atoms with Crippen LogP contribution in [0.1, 0.15) is 19.8 Å². The highest BCUT2D eigenvalue weighted by atomic mass is 32.3. The minimum absolute atomic E-state index is 0.490. The van der Waals surface area contributed by atoms with Crippen LogP contribution in [0.15, 0.2) is 0 Å². The Balaban J connectivity index is 2.58. The van der Waals surface area contributed by atoms with Gasteiger partial charge in [-0.2, -0.15) is 8.42 Å². The van der Waals surface area contributed by atoms with Gasteiger partial charge in [-0.15, -0.1) is 0 Å². The van der Waals surface area contributed by atoms with E-state index in [4.69, 9.17) is 4.55 Å². The molecule has 0 bridgehead atoms. The Labute approximate surface area is 97.1 Å². The molecule has 16 heavy (non-hydrogen) atoms. The van der Waals surface area contributed by atoms with E-state index in [1.807, 2.05) is 16.8 Å². The summed E-state index contributed by atoms with van der Waals surface area (Å²) in [5.74, 6) is 0. The lowest BCUT2D eigenvalue weighted by Gasteiger charge is -2.38. The second-order valence-electron chi connectivity index (χ2n) is 4.13. The summed E-state index contributed by atoms with van der Waals surface area (Å²) in [6.45, 7) is 5.01. The van der Waals surface area contributed by atoms with Crippen molar-refractivity contribution in [3.8, 4) is 0 Å². The molecular weight excluding hydrogens is 232 g/mol. The van der Waals surface area contributed by atoms with Gasteiger partial charge < -0.3 is 4.90 Å². The van der Waals surface area contributed by atoms with Crippen molar-refractivity contribution < 1.29 is 17.2 Å². The minimum atomic E-state index is -4.37. The van der Waals surface area contributed by atoms with Gasteiger partial charge in [0.05, 0.1) is 0 Å². The zero-order chi connectivity index (χ0) is 12.2. The van der Waals surface area contributed by atoms with Gasteiger partial charge in [-0.05, 0) is 13.5 Å². The summed E-state index contributed by atoms with van der Waals surface area (Å²) in [6.07, 6.45) is 1.47. The van der Waals surface area contributed by atoms with Gasteiger partial charge in [-0.3, -0.25) is 9.45 Å². The van der Waals surface area contributed by atoms with Crippen molar-refractivity contribution in [3.05, 3.63) is 0 Å². The van der Waals surface area contributed by atoms with Crippen molar-refractivity contribution in [2.75, 3.05) is 33.2 Å². The number of piperazine rings is 1. The van der Waals surface area contributed by atoms with Gasteiger partial charge in [-0.25, -0.2) is 4.18 Å². The zero-order valence-corrected chi connectivity index (χ0v) is 10.6. The molecule has 1 fully saturated rings. The summed E-state index contributed by atoms with van der Waals surface area (Å²) in [6, 6.07) is 0. The SMILES string of the molecule is CCCCN1CCN(C)CC1OS(=O)(=O)O. The third-order valence-electron chi connectivity index (χ3n) is 2.68. The number of rotatable bonds is 5. The van der Waals surface area contributed by atoms with E-state index in [2.05, 4.69) is 11.1 Å². The van der Waals surface area contributed by atoms with Crippen molar-refractivity contribution in [1.82, 2.24) is 9.80 Å². The van der Waals surface area contributed by atoms with E-state index in [0.717, 1.165) is 32.5 Å². The summed E-state index contributed by atoms with van der Waals surface area (Å²) in [5.41, 5.74) is 0. The smallest absolute Gasteiger partial charge is 0.301 e. The summed E-state index contributed by atoms with van der Waals surface area (Å²) in [4.78, 5) is 3.94. The highest BCUT2D eigenvalue weighted by Gasteiger charge is 2.29. The third kappa shape index (κ3) is 4.75. The highest BCUT2D eigenvalue weighted by Crippen LogP contribution is 2.12. The molecule has 1 rings (SSSR count). The molecule has 0 aliphatic carbocycles. The molecule has 1 N–H and O–H groups in total. The van der Waals surface area contributed by atoms with Crippen LogP contribution in [0, 0.1) is 0 Å². The van der Waals surface area contributed by atoms with Gasteiger partial charge in [0, 0.05) is 26.2 Å². The zero-order valence-electron chi connectivity index (χ0n) is 9.79. The molecule has 1 aliphatic heterocycles. The average Bonchev–Trinajstić information content (AvgIpc) is 2.14. The fourth-order valence-corrected chi connectivity index (χ4v) is 2.23. The van der Waals surface area contributed by atoms with Crippen molar-refractivity contribution in [2.24, 2.45) is 0 Å². The largest absolute Gasteiger partial charge is 0.398 e. The Morgan fingerprint density at radius 2 is 2.12 bits per heavy atom. The fraction of sp³-hybridized carbons (Fsp3) is 1.00. The summed E-state index contributed by atoms with van der Waals surface area (Å²) in [5, 5.41) is 0.